The van der Waals surface area contributed by atoms with E-state index in [1.54, 1.807) is 6.92 Å². The molecule has 0 aliphatic carbocycles. The molecule has 1 fully saturated rings. The van der Waals surface area contributed by atoms with Gasteiger partial charge < -0.3 is 14.6 Å². The number of rotatable bonds is 5. The Balaban J connectivity index is 1.94. The van der Waals surface area contributed by atoms with Gasteiger partial charge in [-0.1, -0.05) is 35.1 Å². The van der Waals surface area contributed by atoms with Crippen molar-refractivity contribution < 1.29 is 33.4 Å². The summed E-state index contributed by atoms with van der Waals surface area (Å²) < 4.78 is 24.1. The highest BCUT2D eigenvalue weighted by molar-refractivity contribution is 7.17. The number of methoxy groups -OCH3 is 2. The molecule has 0 unspecified atom stereocenters. The number of aromatic nitrogens is 1. The Morgan fingerprint density at radius 2 is 1.94 bits per heavy atom. The molecule has 2 aromatic carbocycles. The zero-order valence-corrected chi connectivity index (χ0v) is 20.2. The first-order valence-electron chi connectivity index (χ1n) is 10.1. The van der Waals surface area contributed by atoms with Gasteiger partial charge in [0.2, 0.25) is 0 Å². The van der Waals surface area contributed by atoms with Crippen LogP contribution in [0.1, 0.15) is 32.5 Å². The molecule has 2 heterocycles. The lowest BCUT2D eigenvalue weighted by molar-refractivity contribution is -0.132. The van der Waals surface area contributed by atoms with Crippen LogP contribution in [0.3, 0.4) is 0 Å². The smallest absolute Gasteiger partial charge is 0.350 e. The fourth-order valence-corrected chi connectivity index (χ4v) is 5.03. The number of ketones is 1. The van der Waals surface area contributed by atoms with Crippen molar-refractivity contribution in [1.29, 1.82) is 0 Å². The van der Waals surface area contributed by atoms with Crippen LogP contribution in [-0.4, -0.2) is 42.0 Å². The summed E-state index contributed by atoms with van der Waals surface area (Å²) in [5.74, 6) is -3.42. The minimum Gasteiger partial charge on any atom is -0.507 e. The van der Waals surface area contributed by atoms with Crippen LogP contribution in [0.15, 0.2) is 48.0 Å². The lowest BCUT2D eigenvalue weighted by atomic mass is 9.95. The number of anilines is 1. The minimum absolute atomic E-state index is 0.0195. The van der Waals surface area contributed by atoms with Crippen molar-refractivity contribution in [3.8, 4) is 5.75 Å². The lowest BCUT2D eigenvalue weighted by Gasteiger charge is -2.23. The quantitative estimate of drug-likeness (QED) is 0.227. The largest absolute Gasteiger partial charge is 0.507 e. The number of benzene rings is 2. The fourth-order valence-electron chi connectivity index (χ4n) is 3.76. The van der Waals surface area contributed by atoms with Gasteiger partial charge in [0, 0.05) is 5.56 Å². The van der Waals surface area contributed by atoms with E-state index in [0.717, 1.165) is 22.3 Å². The van der Waals surface area contributed by atoms with E-state index in [0.29, 0.717) is 11.4 Å². The van der Waals surface area contributed by atoms with Crippen molar-refractivity contribution in [3.05, 3.63) is 80.6 Å². The summed E-state index contributed by atoms with van der Waals surface area (Å²) in [5, 5.41) is 11.3. The van der Waals surface area contributed by atoms with Crippen LogP contribution >= 0.6 is 22.9 Å². The van der Waals surface area contributed by atoms with Crippen LogP contribution < -0.4 is 9.64 Å². The Morgan fingerprint density at radius 1 is 1.20 bits per heavy atom. The number of carbonyl (C=O) groups excluding carboxylic acids is 3. The van der Waals surface area contributed by atoms with Gasteiger partial charge in [-0.15, -0.1) is 0 Å². The van der Waals surface area contributed by atoms with Crippen LogP contribution in [0.25, 0.3) is 5.76 Å². The van der Waals surface area contributed by atoms with Gasteiger partial charge in [-0.05, 0) is 42.8 Å². The molecular weight excluding hydrogens is 499 g/mol. The molecule has 180 valence electrons. The van der Waals surface area contributed by atoms with Crippen molar-refractivity contribution in [2.75, 3.05) is 19.1 Å². The van der Waals surface area contributed by atoms with Gasteiger partial charge in [0.1, 0.15) is 22.2 Å². The first kappa shape index (κ1) is 24.4. The summed E-state index contributed by atoms with van der Waals surface area (Å²) in [6.07, 6.45) is 0. The van der Waals surface area contributed by atoms with E-state index in [9.17, 15) is 23.9 Å². The molecule has 0 spiro atoms. The van der Waals surface area contributed by atoms with Gasteiger partial charge in [0.05, 0.1) is 36.6 Å². The number of aliphatic hydroxyl groups excluding tert-OH is 1. The highest BCUT2D eigenvalue weighted by Crippen LogP contribution is 2.44. The molecule has 35 heavy (non-hydrogen) atoms. The van der Waals surface area contributed by atoms with Crippen molar-refractivity contribution >= 4 is 51.5 Å². The van der Waals surface area contributed by atoms with Crippen LogP contribution in [0, 0.1) is 12.7 Å². The Labute approximate surface area is 208 Å². The topological polar surface area (TPSA) is 106 Å². The lowest BCUT2D eigenvalue weighted by Crippen LogP contribution is -2.29. The second-order valence-electron chi connectivity index (χ2n) is 7.48. The summed E-state index contributed by atoms with van der Waals surface area (Å²) in [7, 11) is 2.63. The van der Waals surface area contributed by atoms with Gasteiger partial charge in [-0.2, -0.15) is 0 Å². The summed E-state index contributed by atoms with van der Waals surface area (Å²) in [6, 6.07) is 8.43. The molecule has 3 aromatic rings. The van der Waals surface area contributed by atoms with Crippen LogP contribution in [0.5, 0.6) is 5.75 Å². The zero-order chi connectivity index (χ0) is 25.4. The van der Waals surface area contributed by atoms with Gasteiger partial charge in [-0.3, -0.25) is 14.5 Å². The van der Waals surface area contributed by atoms with E-state index in [1.807, 2.05) is 0 Å². The van der Waals surface area contributed by atoms with E-state index in [1.165, 1.54) is 50.6 Å². The Kier molecular flexibility index (Phi) is 6.60. The summed E-state index contributed by atoms with van der Waals surface area (Å²) in [6.45, 7) is 1.55. The number of ether oxygens (including phenoxy) is 2. The molecule has 1 aliphatic heterocycles. The van der Waals surface area contributed by atoms with Crippen molar-refractivity contribution in [2.24, 2.45) is 0 Å². The number of carbonyl (C=O) groups is 3. The molecule has 0 saturated carbocycles. The monoisotopic (exact) mass is 516 g/mol. The van der Waals surface area contributed by atoms with Crippen LogP contribution in [0.4, 0.5) is 9.52 Å². The Hall–Kier alpha value is -3.76. The minimum atomic E-state index is -1.22. The van der Waals surface area contributed by atoms with Crippen LogP contribution in [0.2, 0.25) is 5.02 Å². The highest BCUT2D eigenvalue weighted by atomic mass is 35.5. The van der Waals surface area contributed by atoms with Crippen LogP contribution in [-0.2, 0) is 14.3 Å². The zero-order valence-electron chi connectivity index (χ0n) is 18.7. The number of thiazole rings is 1. The summed E-state index contributed by atoms with van der Waals surface area (Å²) >= 11 is 7.03. The van der Waals surface area contributed by atoms with Gasteiger partial charge >= 0.3 is 11.9 Å². The van der Waals surface area contributed by atoms with Gasteiger partial charge in [0.15, 0.2) is 5.13 Å². The average Bonchev–Trinajstić information content (AvgIpc) is 3.34. The highest BCUT2D eigenvalue weighted by Gasteiger charge is 2.48. The molecule has 0 bridgehead atoms. The first-order valence-corrected chi connectivity index (χ1v) is 11.3. The molecule has 1 aliphatic rings. The number of nitrogens with zero attached hydrogens (tertiary/aromatic N) is 2. The Bertz CT molecular complexity index is 1400. The summed E-state index contributed by atoms with van der Waals surface area (Å²) in [4.78, 5) is 43.9. The molecule has 11 heteroatoms. The van der Waals surface area contributed by atoms with Crippen molar-refractivity contribution in [2.45, 2.75) is 13.0 Å². The molecule has 1 amide bonds. The molecular formula is C24H18ClFN2O6S. The number of hydrogen-bond donors (Lipinski definition) is 1. The van der Waals surface area contributed by atoms with Crippen molar-refractivity contribution in [3.63, 3.8) is 0 Å². The molecule has 1 N–H and O–H groups in total. The number of aryl methyl sites for hydroxylation is 1. The molecule has 1 atom stereocenters. The number of esters is 1. The van der Waals surface area contributed by atoms with Crippen molar-refractivity contribution in [1.82, 2.24) is 4.98 Å². The average molecular weight is 517 g/mol. The third kappa shape index (κ3) is 4.26. The summed E-state index contributed by atoms with van der Waals surface area (Å²) in [5.41, 5.74) is 0.381. The molecule has 8 nitrogen and oxygen atoms in total. The van der Waals surface area contributed by atoms with E-state index in [2.05, 4.69) is 4.98 Å². The standard InChI is InChI=1S/C24H18ClFN2O6S/c1-11-21(23(32)34-3)35-24(27-11)28-18(12-5-4-6-14(26)9-12)17(20(30)22(28)31)19(29)13-7-8-16(33-2)15(25)10-13/h4-10,18,29H,1-3H3/t18-/m1/s1. The third-order valence-electron chi connectivity index (χ3n) is 5.40. The molecule has 4 rings (SSSR count). The second kappa shape index (κ2) is 9.47. The number of hydrogen-bond acceptors (Lipinski definition) is 8. The Morgan fingerprint density at radius 3 is 2.57 bits per heavy atom. The second-order valence-corrected chi connectivity index (χ2v) is 8.86. The van der Waals surface area contributed by atoms with E-state index in [4.69, 9.17) is 21.1 Å². The molecule has 0 radical (unpaired) electrons. The maximum absolute atomic E-state index is 14.2. The SMILES string of the molecule is COC(=O)c1sc(N2C(=O)C(=O)C(=C(O)c3ccc(OC)c(Cl)c3)[C@H]2c2cccc(F)c2)nc1C. The number of Topliss-reactive ketones (excluding diaryl/α,β-unsaturated/α-hetero) is 1. The maximum Gasteiger partial charge on any atom is 0.350 e. The maximum atomic E-state index is 14.2. The predicted molar refractivity (Wildman–Crippen MR) is 127 cm³/mol. The first-order chi connectivity index (χ1) is 16.7. The molecule has 1 aromatic heterocycles. The van der Waals surface area contributed by atoms with E-state index >= 15 is 0 Å². The predicted octanol–water partition coefficient (Wildman–Crippen LogP) is 4.67. The number of amides is 1. The number of aliphatic hydroxyl groups is 1. The van der Waals surface area contributed by atoms with E-state index < -0.39 is 35.3 Å². The van der Waals surface area contributed by atoms with E-state index in [-0.39, 0.29) is 31.7 Å². The number of halogens is 2. The fraction of sp³-hybridized carbons (Fsp3) is 0.167. The normalized spacial score (nSPS) is 17.1. The molecule has 1 saturated heterocycles. The van der Waals surface area contributed by atoms with Gasteiger partial charge in [-0.25, -0.2) is 14.2 Å². The third-order valence-corrected chi connectivity index (χ3v) is 6.83. The van der Waals surface area contributed by atoms with Gasteiger partial charge in [0.25, 0.3) is 5.78 Å².